The van der Waals surface area contributed by atoms with Crippen LogP contribution in [0, 0.1) is 5.82 Å². The summed E-state index contributed by atoms with van der Waals surface area (Å²) < 4.78 is 19.2. The maximum absolute atomic E-state index is 13.6. The molecule has 0 saturated heterocycles. The Bertz CT molecular complexity index is 688. The van der Waals surface area contributed by atoms with Crippen LogP contribution in [0.2, 0.25) is 0 Å². The average Bonchev–Trinajstić information content (AvgIpc) is 2.38. The number of hydrogen-bond acceptors (Lipinski definition) is 3. The third-order valence-electron chi connectivity index (χ3n) is 2.49. The number of thiol groups is 1. The van der Waals surface area contributed by atoms with Gasteiger partial charge >= 0.3 is 5.97 Å². The molecule has 3 nitrogen and oxygen atoms in total. The predicted molar refractivity (Wildman–Crippen MR) is 78.8 cm³/mol. The molecular formula is C14H8BrFO3S. The lowest BCUT2D eigenvalue weighted by Gasteiger charge is -2.09. The fourth-order valence-electron chi connectivity index (χ4n) is 1.58. The molecule has 0 spiro atoms. The van der Waals surface area contributed by atoms with E-state index in [9.17, 15) is 14.0 Å². The maximum Gasteiger partial charge on any atom is 0.344 e. The summed E-state index contributed by atoms with van der Waals surface area (Å²) in [6.45, 7) is 0. The smallest absolute Gasteiger partial charge is 0.344 e. The highest BCUT2D eigenvalue weighted by molar-refractivity contribution is 9.10. The second-order valence-electron chi connectivity index (χ2n) is 3.79. The van der Waals surface area contributed by atoms with Crippen molar-refractivity contribution in [1.82, 2.24) is 0 Å². The molecule has 0 aromatic heterocycles. The van der Waals surface area contributed by atoms with Gasteiger partial charge in [-0.3, -0.25) is 4.79 Å². The minimum absolute atomic E-state index is 0.161. The van der Waals surface area contributed by atoms with Crippen molar-refractivity contribution in [3.63, 3.8) is 0 Å². The molecule has 0 aliphatic heterocycles. The van der Waals surface area contributed by atoms with Crippen molar-refractivity contribution in [3.8, 4) is 5.75 Å². The number of ether oxygens (including phenoxy) is 1. The molecule has 0 radical (unpaired) electrons. The summed E-state index contributed by atoms with van der Waals surface area (Å²) >= 11 is 6.79. The Labute approximate surface area is 128 Å². The second-order valence-corrected chi connectivity index (χ2v) is 5.05. The molecule has 0 aliphatic rings. The van der Waals surface area contributed by atoms with Crippen molar-refractivity contribution in [2.45, 2.75) is 0 Å². The minimum atomic E-state index is -0.807. The van der Waals surface area contributed by atoms with E-state index in [1.54, 1.807) is 24.3 Å². The predicted octanol–water partition coefficient (Wildman–Crippen LogP) is 3.88. The number of esters is 1. The van der Waals surface area contributed by atoms with E-state index in [-0.39, 0.29) is 16.9 Å². The van der Waals surface area contributed by atoms with E-state index in [0.29, 0.717) is 4.47 Å². The van der Waals surface area contributed by atoms with Crippen LogP contribution in [0.1, 0.15) is 20.7 Å². The van der Waals surface area contributed by atoms with Crippen LogP contribution in [-0.2, 0) is 0 Å². The van der Waals surface area contributed by atoms with E-state index < -0.39 is 16.9 Å². The van der Waals surface area contributed by atoms with Gasteiger partial charge in [-0.2, -0.15) is 0 Å². The molecule has 0 atom stereocenters. The molecule has 2 aromatic rings. The molecule has 0 N–H and O–H groups in total. The number of hydrogen-bond donors (Lipinski definition) is 1. The largest absolute Gasteiger partial charge is 0.422 e. The maximum atomic E-state index is 13.6. The molecule has 0 bridgehead atoms. The summed E-state index contributed by atoms with van der Waals surface area (Å²) in [5, 5.41) is -0.807. The lowest BCUT2D eigenvalue weighted by atomic mass is 10.2. The van der Waals surface area contributed by atoms with E-state index >= 15 is 0 Å². The van der Waals surface area contributed by atoms with Crippen molar-refractivity contribution in [3.05, 3.63) is 63.9 Å². The standard InChI is InChI=1S/C14H8BrFO3S/c15-9-5-2-1-4-8(9)13(17)19-11-7-3-6-10(16)12(11)14(18)20/h1-7H,(H,18,20). The number of carbonyl (C=O) groups is 2. The van der Waals surface area contributed by atoms with Gasteiger partial charge in [0, 0.05) is 4.47 Å². The first-order valence-corrected chi connectivity index (χ1v) is 6.73. The molecule has 0 aliphatic carbocycles. The zero-order valence-corrected chi connectivity index (χ0v) is 12.4. The topological polar surface area (TPSA) is 43.4 Å². The average molecular weight is 355 g/mol. The first kappa shape index (κ1) is 14.7. The lowest BCUT2D eigenvalue weighted by Crippen LogP contribution is -2.12. The van der Waals surface area contributed by atoms with Gasteiger partial charge in [-0.15, -0.1) is 12.6 Å². The van der Waals surface area contributed by atoms with Crippen molar-refractivity contribution in [2.24, 2.45) is 0 Å². The van der Waals surface area contributed by atoms with Gasteiger partial charge in [-0.25, -0.2) is 9.18 Å². The van der Waals surface area contributed by atoms with E-state index in [0.717, 1.165) is 6.07 Å². The zero-order valence-electron chi connectivity index (χ0n) is 9.97. The van der Waals surface area contributed by atoms with Gasteiger partial charge in [0.05, 0.1) is 5.56 Å². The van der Waals surface area contributed by atoms with Crippen LogP contribution in [0.15, 0.2) is 46.9 Å². The highest BCUT2D eigenvalue weighted by Gasteiger charge is 2.19. The summed E-state index contributed by atoms with van der Waals surface area (Å²) in [5.41, 5.74) is -0.0921. The van der Waals surface area contributed by atoms with Crippen LogP contribution < -0.4 is 4.74 Å². The van der Waals surface area contributed by atoms with Crippen LogP contribution in [0.25, 0.3) is 0 Å². The number of halogens is 2. The van der Waals surface area contributed by atoms with Crippen molar-refractivity contribution < 1.29 is 18.7 Å². The molecule has 2 aromatic carbocycles. The van der Waals surface area contributed by atoms with Crippen LogP contribution in [0.3, 0.4) is 0 Å². The van der Waals surface area contributed by atoms with Gasteiger partial charge < -0.3 is 4.74 Å². The normalized spacial score (nSPS) is 10.2. The van der Waals surface area contributed by atoms with Crippen LogP contribution >= 0.6 is 28.6 Å². The third-order valence-corrected chi connectivity index (χ3v) is 3.40. The van der Waals surface area contributed by atoms with Gasteiger partial charge in [0.15, 0.2) is 0 Å². The molecular weight excluding hydrogens is 347 g/mol. The van der Waals surface area contributed by atoms with E-state index in [4.69, 9.17) is 4.74 Å². The van der Waals surface area contributed by atoms with Crippen LogP contribution in [0.5, 0.6) is 5.75 Å². The van der Waals surface area contributed by atoms with E-state index in [1.807, 2.05) is 0 Å². The fourth-order valence-corrected chi connectivity index (χ4v) is 2.24. The molecule has 0 heterocycles. The Morgan fingerprint density at radius 1 is 1.10 bits per heavy atom. The summed E-state index contributed by atoms with van der Waals surface area (Å²) in [5.74, 6) is -1.65. The third kappa shape index (κ3) is 3.08. The Balaban J connectivity index is 2.36. The minimum Gasteiger partial charge on any atom is -0.422 e. The molecule has 0 fully saturated rings. The van der Waals surface area contributed by atoms with Crippen LogP contribution in [0.4, 0.5) is 4.39 Å². The zero-order chi connectivity index (χ0) is 14.7. The Morgan fingerprint density at radius 3 is 2.45 bits per heavy atom. The monoisotopic (exact) mass is 354 g/mol. The van der Waals surface area contributed by atoms with E-state index in [2.05, 4.69) is 28.6 Å². The Morgan fingerprint density at radius 2 is 1.80 bits per heavy atom. The Kier molecular flexibility index (Phi) is 4.57. The second kappa shape index (κ2) is 6.19. The van der Waals surface area contributed by atoms with Crippen molar-refractivity contribution in [2.75, 3.05) is 0 Å². The lowest BCUT2D eigenvalue weighted by molar-refractivity contribution is 0.0732. The number of benzene rings is 2. The first-order chi connectivity index (χ1) is 9.50. The summed E-state index contributed by atoms with van der Waals surface area (Å²) in [6, 6.07) is 10.4. The molecule has 0 saturated carbocycles. The number of rotatable bonds is 3. The summed E-state index contributed by atoms with van der Waals surface area (Å²) in [4.78, 5) is 23.3. The van der Waals surface area contributed by atoms with Crippen molar-refractivity contribution >= 4 is 39.6 Å². The Hall–Kier alpha value is -1.66. The van der Waals surface area contributed by atoms with Gasteiger partial charge in [0.2, 0.25) is 5.12 Å². The molecule has 20 heavy (non-hydrogen) atoms. The molecule has 6 heteroatoms. The summed E-state index contributed by atoms with van der Waals surface area (Å²) in [7, 11) is 0. The van der Waals surface area contributed by atoms with Gasteiger partial charge in [-0.1, -0.05) is 18.2 Å². The van der Waals surface area contributed by atoms with Gasteiger partial charge in [0.25, 0.3) is 0 Å². The van der Waals surface area contributed by atoms with Crippen molar-refractivity contribution in [1.29, 1.82) is 0 Å². The fraction of sp³-hybridized carbons (Fsp3) is 0. The quantitative estimate of drug-likeness (QED) is 0.516. The van der Waals surface area contributed by atoms with Crippen LogP contribution in [-0.4, -0.2) is 11.1 Å². The molecule has 0 amide bonds. The molecule has 102 valence electrons. The first-order valence-electron chi connectivity index (χ1n) is 5.49. The SMILES string of the molecule is O=C(Oc1cccc(F)c1C(=O)S)c1ccccc1Br. The van der Waals surface area contributed by atoms with Gasteiger partial charge in [-0.05, 0) is 40.2 Å². The van der Waals surface area contributed by atoms with E-state index in [1.165, 1.54) is 12.1 Å². The molecule has 0 unspecified atom stereocenters. The number of carbonyl (C=O) groups excluding carboxylic acids is 2. The van der Waals surface area contributed by atoms with Gasteiger partial charge in [0.1, 0.15) is 17.1 Å². The highest BCUT2D eigenvalue weighted by Crippen LogP contribution is 2.25. The molecule has 2 rings (SSSR count). The highest BCUT2D eigenvalue weighted by atomic mass is 79.9. The summed E-state index contributed by atoms with van der Waals surface area (Å²) in [6.07, 6.45) is 0.